The predicted molar refractivity (Wildman–Crippen MR) is 84.3 cm³/mol. The number of nitrogens with one attached hydrogen (secondary N) is 1. The van der Waals surface area contributed by atoms with Crippen LogP contribution in [-0.4, -0.2) is 42.2 Å². The number of ether oxygens (including phenoxy) is 2. The number of hydrogen-bond acceptors (Lipinski definition) is 5. The van der Waals surface area contributed by atoms with E-state index in [4.69, 9.17) is 21.1 Å². The highest BCUT2D eigenvalue weighted by atomic mass is 35.5. The van der Waals surface area contributed by atoms with E-state index in [1.165, 1.54) is 19.1 Å². The molecule has 126 valence electrons. The Morgan fingerprint density at radius 3 is 2.22 bits per heavy atom. The first kappa shape index (κ1) is 18.8. The number of Topliss-reactive ketones (excluding diaryl/α,β-unsaturated/α-hetero) is 1. The number of amides is 2. The van der Waals surface area contributed by atoms with Gasteiger partial charge < -0.3 is 9.47 Å². The average molecular weight is 343 g/mol. The maximum Gasteiger partial charge on any atom is 0.429 e. The first-order valence-electron chi connectivity index (χ1n) is 7.09. The van der Waals surface area contributed by atoms with E-state index >= 15 is 0 Å². The van der Waals surface area contributed by atoms with Gasteiger partial charge in [-0.2, -0.15) is 0 Å². The van der Waals surface area contributed by atoms with Crippen LogP contribution < -0.4 is 5.43 Å². The minimum atomic E-state index is -0.986. The van der Waals surface area contributed by atoms with E-state index in [9.17, 15) is 14.4 Å². The second kappa shape index (κ2) is 8.99. The fourth-order valence-corrected chi connectivity index (χ4v) is 1.85. The van der Waals surface area contributed by atoms with Crippen LogP contribution in [0.3, 0.4) is 0 Å². The quantitative estimate of drug-likeness (QED) is 0.656. The summed E-state index contributed by atoms with van der Waals surface area (Å²) in [6.07, 6.45) is -1.70. The molecule has 1 rings (SSSR count). The van der Waals surface area contributed by atoms with Crippen molar-refractivity contribution in [3.8, 4) is 0 Å². The summed E-state index contributed by atoms with van der Waals surface area (Å²) in [5.41, 5.74) is 2.56. The lowest BCUT2D eigenvalue weighted by atomic mass is 10.1. The average Bonchev–Trinajstić information content (AvgIpc) is 2.52. The van der Waals surface area contributed by atoms with E-state index in [1.54, 1.807) is 26.0 Å². The van der Waals surface area contributed by atoms with Crippen LogP contribution in [0.2, 0.25) is 5.02 Å². The molecule has 1 aromatic rings. The zero-order valence-corrected chi connectivity index (χ0v) is 13.9. The Balaban J connectivity index is 2.94. The van der Waals surface area contributed by atoms with Gasteiger partial charge in [-0.15, -0.1) is 0 Å². The van der Waals surface area contributed by atoms with Crippen LogP contribution in [0.15, 0.2) is 24.3 Å². The fraction of sp³-hybridized carbons (Fsp3) is 0.400. The van der Waals surface area contributed by atoms with E-state index in [-0.39, 0.29) is 19.0 Å². The molecule has 0 bridgehead atoms. The topological polar surface area (TPSA) is 84.9 Å². The predicted octanol–water partition coefficient (Wildman–Crippen LogP) is 3.03. The molecule has 7 nitrogen and oxygen atoms in total. The maximum absolute atomic E-state index is 12.5. The van der Waals surface area contributed by atoms with E-state index in [0.29, 0.717) is 10.6 Å². The van der Waals surface area contributed by atoms with Gasteiger partial charge in [0.25, 0.3) is 0 Å². The number of carbonyl (C=O) groups is 3. The molecule has 0 heterocycles. The monoisotopic (exact) mass is 342 g/mol. The molecule has 0 aromatic heterocycles. The number of rotatable bonds is 5. The van der Waals surface area contributed by atoms with Crippen LogP contribution in [0.4, 0.5) is 9.59 Å². The number of halogens is 1. The SMILES string of the molecule is CCOC(=O)NN(C(=O)OCC)[C@H](C)C(=O)c1ccc(Cl)cc1. The maximum atomic E-state index is 12.5. The molecule has 0 saturated heterocycles. The number of benzene rings is 1. The summed E-state index contributed by atoms with van der Waals surface area (Å²) >= 11 is 5.78. The van der Waals surface area contributed by atoms with Crippen molar-refractivity contribution in [2.45, 2.75) is 26.8 Å². The van der Waals surface area contributed by atoms with Crippen LogP contribution in [0.1, 0.15) is 31.1 Å². The Morgan fingerprint density at radius 2 is 1.70 bits per heavy atom. The molecule has 23 heavy (non-hydrogen) atoms. The third-order valence-electron chi connectivity index (χ3n) is 2.85. The molecule has 0 spiro atoms. The molecule has 1 aromatic carbocycles. The van der Waals surface area contributed by atoms with Gasteiger partial charge >= 0.3 is 12.2 Å². The number of nitrogens with zero attached hydrogens (tertiary/aromatic N) is 1. The highest BCUT2D eigenvalue weighted by molar-refractivity contribution is 6.30. The molecule has 0 aliphatic carbocycles. The summed E-state index contributed by atoms with van der Waals surface area (Å²) in [5.74, 6) is -0.383. The summed E-state index contributed by atoms with van der Waals surface area (Å²) in [4.78, 5) is 36.0. The smallest absolute Gasteiger partial charge is 0.429 e. The lowest BCUT2D eigenvalue weighted by Gasteiger charge is -2.27. The first-order chi connectivity index (χ1) is 10.9. The van der Waals surface area contributed by atoms with E-state index in [1.807, 2.05) is 0 Å². The summed E-state index contributed by atoms with van der Waals surface area (Å²) in [6.45, 7) is 4.94. The molecule has 0 saturated carbocycles. The van der Waals surface area contributed by atoms with Crippen LogP contribution >= 0.6 is 11.6 Å². The molecule has 0 aliphatic heterocycles. The molecule has 0 aliphatic rings. The Kier molecular flexibility index (Phi) is 7.34. The molecule has 0 fully saturated rings. The standard InChI is InChI=1S/C15H19ClN2O5/c1-4-22-14(20)17-18(15(21)23-5-2)10(3)13(19)11-6-8-12(16)9-7-11/h6-10H,4-5H2,1-3H3,(H,17,20)/t10-/m1/s1. The van der Waals surface area contributed by atoms with Crippen molar-refractivity contribution in [3.63, 3.8) is 0 Å². The minimum Gasteiger partial charge on any atom is -0.449 e. The van der Waals surface area contributed by atoms with E-state index < -0.39 is 18.2 Å². The van der Waals surface area contributed by atoms with Crippen molar-refractivity contribution in [1.82, 2.24) is 10.4 Å². The Bertz CT molecular complexity index is 561. The molecule has 0 radical (unpaired) electrons. The van der Waals surface area contributed by atoms with E-state index in [0.717, 1.165) is 5.01 Å². The lowest BCUT2D eigenvalue weighted by Crippen LogP contribution is -2.54. The Hall–Kier alpha value is -2.28. The van der Waals surface area contributed by atoms with Gasteiger partial charge in [0.1, 0.15) is 6.04 Å². The van der Waals surface area contributed by atoms with Gasteiger partial charge in [0.2, 0.25) is 0 Å². The molecular formula is C15H19ClN2O5. The van der Waals surface area contributed by atoms with Crippen molar-refractivity contribution < 1.29 is 23.9 Å². The highest BCUT2D eigenvalue weighted by Crippen LogP contribution is 2.13. The summed E-state index contributed by atoms with van der Waals surface area (Å²) < 4.78 is 9.58. The van der Waals surface area contributed by atoms with Crippen molar-refractivity contribution in [3.05, 3.63) is 34.9 Å². The van der Waals surface area contributed by atoms with Gasteiger partial charge in [0, 0.05) is 10.6 Å². The van der Waals surface area contributed by atoms with Gasteiger partial charge in [-0.25, -0.2) is 20.0 Å². The van der Waals surface area contributed by atoms with Crippen LogP contribution in [0.25, 0.3) is 0 Å². The van der Waals surface area contributed by atoms with E-state index in [2.05, 4.69) is 5.43 Å². The van der Waals surface area contributed by atoms with Crippen LogP contribution in [0, 0.1) is 0 Å². The van der Waals surface area contributed by atoms with Crippen molar-refractivity contribution >= 4 is 29.6 Å². The summed E-state index contributed by atoms with van der Waals surface area (Å²) in [6, 6.07) is 5.22. The first-order valence-corrected chi connectivity index (χ1v) is 7.47. The zero-order valence-electron chi connectivity index (χ0n) is 13.2. The summed E-state index contributed by atoms with van der Waals surface area (Å²) in [5, 5.41) is 1.29. The van der Waals surface area contributed by atoms with Crippen molar-refractivity contribution in [1.29, 1.82) is 0 Å². The zero-order chi connectivity index (χ0) is 17.4. The molecule has 2 amide bonds. The molecule has 1 N–H and O–H groups in total. The normalized spacial score (nSPS) is 11.3. The fourth-order valence-electron chi connectivity index (χ4n) is 1.73. The molecule has 8 heteroatoms. The van der Waals surface area contributed by atoms with Crippen LogP contribution in [-0.2, 0) is 9.47 Å². The summed E-state index contributed by atoms with van der Waals surface area (Å²) in [7, 11) is 0. The highest BCUT2D eigenvalue weighted by Gasteiger charge is 2.30. The second-order valence-corrected chi connectivity index (χ2v) is 4.88. The van der Waals surface area contributed by atoms with Gasteiger partial charge in [-0.3, -0.25) is 4.79 Å². The number of hydrogen-bond donors (Lipinski definition) is 1. The van der Waals surface area contributed by atoms with Crippen molar-refractivity contribution in [2.75, 3.05) is 13.2 Å². The number of carbonyl (C=O) groups excluding carboxylic acids is 3. The molecular weight excluding hydrogens is 324 g/mol. The van der Waals surface area contributed by atoms with Gasteiger partial charge in [0.05, 0.1) is 13.2 Å². The lowest BCUT2D eigenvalue weighted by molar-refractivity contribution is 0.0515. The minimum absolute atomic E-state index is 0.0989. The number of ketones is 1. The van der Waals surface area contributed by atoms with Gasteiger partial charge in [0.15, 0.2) is 5.78 Å². The van der Waals surface area contributed by atoms with Crippen LogP contribution in [0.5, 0.6) is 0 Å². The Morgan fingerprint density at radius 1 is 1.13 bits per heavy atom. The van der Waals surface area contributed by atoms with Gasteiger partial charge in [-0.1, -0.05) is 11.6 Å². The molecule has 0 unspecified atom stereocenters. The Labute approximate surface area is 139 Å². The second-order valence-electron chi connectivity index (χ2n) is 4.45. The van der Waals surface area contributed by atoms with Gasteiger partial charge in [-0.05, 0) is 45.0 Å². The number of hydrazine groups is 1. The largest absolute Gasteiger partial charge is 0.449 e. The van der Waals surface area contributed by atoms with Crippen molar-refractivity contribution in [2.24, 2.45) is 0 Å². The third kappa shape index (κ3) is 5.45. The third-order valence-corrected chi connectivity index (χ3v) is 3.10. The molecule has 1 atom stereocenters.